The largest absolute Gasteiger partial charge is 0.369 e. The van der Waals surface area contributed by atoms with Crippen LogP contribution in [0, 0.1) is 13.8 Å². The molecule has 0 radical (unpaired) electrons. The number of H-pyrrole nitrogens is 1. The number of anilines is 1. The number of hydrogen-bond donors (Lipinski definition) is 1. The summed E-state index contributed by atoms with van der Waals surface area (Å²) in [6.45, 7) is 8.78. The molecule has 1 N–H and O–H groups in total. The highest BCUT2D eigenvalue weighted by Gasteiger charge is 2.23. The Morgan fingerprint density at radius 1 is 0.946 bits per heavy atom. The van der Waals surface area contributed by atoms with Crippen LogP contribution in [0.25, 0.3) is 33.3 Å². The fourth-order valence-corrected chi connectivity index (χ4v) is 7.01. The summed E-state index contributed by atoms with van der Waals surface area (Å²) in [6, 6.07) is 15.1. The molecule has 2 fully saturated rings. The number of piperazine rings is 1. The molecular weight excluding hydrogens is 478 g/mol. The Morgan fingerprint density at radius 3 is 2.27 bits per heavy atom. The summed E-state index contributed by atoms with van der Waals surface area (Å²) in [7, 11) is -0.147. The van der Waals surface area contributed by atoms with E-state index in [0.717, 1.165) is 71.6 Å². The highest BCUT2D eigenvalue weighted by Crippen LogP contribution is 2.35. The third kappa shape index (κ3) is 4.78. The van der Waals surface area contributed by atoms with Crippen LogP contribution in [-0.4, -0.2) is 64.6 Å². The Bertz CT molecular complexity index is 1560. The van der Waals surface area contributed by atoms with Gasteiger partial charge in [0.2, 0.25) is 0 Å². The third-order valence-corrected chi connectivity index (χ3v) is 9.52. The maximum atomic E-state index is 13.1. The van der Waals surface area contributed by atoms with Crippen molar-refractivity contribution in [2.75, 3.05) is 44.4 Å². The molecule has 192 valence electrons. The number of aromatic nitrogens is 2. The molecule has 1 saturated carbocycles. The van der Waals surface area contributed by atoms with Crippen molar-refractivity contribution in [3.05, 3.63) is 66.0 Å². The van der Waals surface area contributed by atoms with Crippen LogP contribution < -0.4 is 4.90 Å². The molecule has 0 spiro atoms. The molecule has 2 aliphatic rings. The fraction of sp³-hybridized carbons (Fsp3) is 0.367. The zero-order chi connectivity index (χ0) is 25.7. The lowest BCUT2D eigenvalue weighted by molar-refractivity contribution is 0.312. The number of hydrogen-bond acceptors (Lipinski definition) is 5. The van der Waals surface area contributed by atoms with Crippen molar-refractivity contribution in [1.82, 2.24) is 14.9 Å². The van der Waals surface area contributed by atoms with Gasteiger partial charge in [0.1, 0.15) is 5.65 Å². The van der Waals surface area contributed by atoms with Crippen molar-refractivity contribution in [1.29, 1.82) is 0 Å². The molecule has 3 heterocycles. The third-order valence-electron chi connectivity index (χ3n) is 7.67. The van der Waals surface area contributed by atoms with Crippen LogP contribution in [0.1, 0.15) is 24.0 Å². The Balaban J connectivity index is 1.33. The molecule has 1 aliphatic carbocycles. The van der Waals surface area contributed by atoms with Crippen LogP contribution in [0.2, 0.25) is 0 Å². The monoisotopic (exact) mass is 513 g/mol. The molecule has 1 aliphatic heterocycles. The predicted octanol–water partition coefficient (Wildman–Crippen LogP) is 5.88. The van der Waals surface area contributed by atoms with Crippen LogP contribution in [0.3, 0.4) is 0 Å². The Hall–Kier alpha value is -3.16. The van der Waals surface area contributed by atoms with E-state index in [1.165, 1.54) is 22.4 Å². The van der Waals surface area contributed by atoms with Gasteiger partial charge >= 0.3 is 0 Å². The van der Waals surface area contributed by atoms with Gasteiger partial charge < -0.3 is 14.8 Å². The second kappa shape index (κ2) is 9.30. The Labute approximate surface area is 219 Å². The second-order valence-corrected chi connectivity index (χ2v) is 13.0. The Kier molecular flexibility index (Phi) is 6.08. The van der Waals surface area contributed by atoms with Crippen molar-refractivity contribution in [3.8, 4) is 22.3 Å². The minimum absolute atomic E-state index is 0.276. The van der Waals surface area contributed by atoms with Gasteiger partial charge in [0.25, 0.3) is 0 Å². The first-order valence-corrected chi connectivity index (χ1v) is 15.0. The summed E-state index contributed by atoms with van der Waals surface area (Å²) in [4.78, 5) is 13.8. The highest BCUT2D eigenvalue weighted by atomic mass is 32.2. The summed E-state index contributed by atoms with van der Waals surface area (Å²) < 4.78 is 17.6. The zero-order valence-corrected chi connectivity index (χ0v) is 22.9. The summed E-state index contributed by atoms with van der Waals surface area (Å²) in [5, 5.41) is 1.09. The van der Waals surface area contributed by atoms with Crippen molar-refractivity contribution in [2.24, 2.45) is 4.36 Å². The van der Waals surface area contributed by atoms with Crippen LogP contribution in [-0.2, 0) is 9.73 Å². The average molecular weight is 514 g/mol. The molecule has 1 atom stereocenters. The number of likely N-dealkylation sites (N-methyl/N-ethyl adjacent to an activating group) is 1. The van der Waals surface area contributed by atoms with Crippen LogP contribution >= 0.6 is 0 Å². The van der Waals surface area contributed by atoms with Crippen molar-refractivity contribution < 1.29 is 4.21 Å². The molecule has 0 amide bonds. The average Bonchev–Trinajstić information content (AvgIpc) is 3.58. The molecule has 2 aromatic carbocycles. The molecular formula is C30H35N5OS. The topological polar surface area (TPSA) is 64.6 Å². The van der Waals surface area contributed by atoms with Gasteiger partial charge in [0.15, 0.2) is 0 Å². The number of nitrogens with zero attached hydrogens (tertiary/aromatic N) is 4. The summed E-state index contributed by atoms with van der Waals surface area (Å²) in [5.74, 6) is 0. The SMILES string of the molecule is Cc1cc(-c2cnc3[nH]cc(-c4ccc(S(C)(=O)=NC5CC5)cc4)c3c2)cc(C)c1N1CCN(C)CC1. The molecule has 6 rings (SSSR count). The van der Waals surface area contributed by atoms with Crippen LogP contribution in [0.5, 0.6) is 0 Å². The molecule has 4 aromatic rings. The normalized spacial score (nSPS) is 18.2. The van der Waals surface area contributed by atoms with Gasteiger partial charge in [-0.15, -0.1) is 0 Å². The number of aryl methyl sites for hydroxylation is 2. The van der Waals surface area contributed by atoms with E-state index in [1.807, 2.05) is 24.5 Å². The highest BCUT2D eigenvalue weighted by molar-refractivity contribution is 7.93. The fourth-order valence-electron chi connectivity index (χ4n) is 5.46. The maximum Gasteiger partial charge on any atom is 0.137 e. The molecule has 6 nitrogen and oxygen atoms in total. The van der Waals surface area contributed by atoms with E-state index < -0.39 is 9.73 Å². The number of benzene rings is 2. The van der Waals surface area contributed by atoms with Crippen molar-refractivity contribution in [2.45, 2.75) is 37.6 Å². The summed E-state index contributed by atoms with van der Waals surface area (Å²) in [5.41, 5.74) is 9.34. The Morgan fingerprint density at radius 2 is 1.62 bits per heavy atom. The lowest BCUT2D eigenvalue weighted by atomic mass is 9.97. The summed E-state index contributed by atoms with van der Waals surface area (Å²) >= 11 is 0. The number of fused-ring (bicyclic) bond motifs is 1. The van der Waals surface area contributed by atoms with E-state index in [9.17, 15) is 4.21 Å². The second-order valence-electron chi connectivity index (χ2n) is 10.7. The molecule has 1 unspecified atom stereocenters. The maximum absolute atomic E-state index is 13.1. The van der Waals surface area contributed by atoms with Gasteiger partial charge in [0.05, 0.1) is 15.8 Å². The first kappa shape index (κ1) is 24.2. The number of rotatable bonds is 5. The standard InChI is InChI=1S/C30H35N5OS/c1-20-15-23(16-21(2)29(20)35-13-11-34(3)12-14-35)24-17-27-28(19-32-30(27)31-18-24)22-5-9-26(10-6-22)37(4,36)33-25-7-8-25/h5-6,9-10,15-19,25H,7-8,11-14H2,1-4H3,(H,31,32). The van der Waals surface area contributed by atoms with E-state index in [0.29, 0.717) is 0 Å². The van der Waals surface area contributed by atoms with Gasteiger partial charge in [-0.05, 0) is 86.3 Å². The van der Waals surface area contributed by atoms with E-state index in [1.54, 1.807) is 6.26 Å². The van der Waals surface area contributed by atoms with Gasteiger partial charge in [-0.2, -0.15) is 0 Å². The molecule has 0 bridgehead atoms. The predicted molar refractivity (Wildman–Crippen MR) is 154 cm³/mol. The molecule has 2 aromatic heterocycles. The van der Waals surface area contributed by atoms with E-state index in [4.69, 9.17) is 4.98 Å². The number of nitrogens with one attached hydrogen (secondary N) is 1. The minimum atomic E-state index is -2.34. The summed E-state index contributed by atoms with van der Waals surface area (Å²) in [6.07, 6.45) is 7.85. The van der Waals surface area contributed by atoms with Crippen LogP contribution in [0.4, 0.5) is 5.69 Å². The van der Waals surface area contributed by atoms with Crippen LogP contribution in [0.15, 0.2) is 64.1 Å². The van der Waals surface area contributed by atoms with Gasteiger partial charge in [-0.1, -0.05) is 12.1 Å². The van der Waals surface area contributed by atoms with Crippen molar-refractivity contribution in [3.63, 3.8) is 0 Å². The molecule has 37 heavy (non-hydrogen) atoms. The van der Waals surface area contributed by atoms with Gasteiger partial charge in [-0.3, -0.25) is 0 Å². The first-order valence-electron chi connectivity index (χ1n) is 13.1. The van der Waals surface area contributed by atoms with E-state index in [-0.39, 0.29) is 6.04 Å². The van der Waals surface area contributed by atoms with Gasteiger partial charge in [0, 0.05) is 71.9 Å². The minimum Gasteiger partial charge on any atom is -0.369 e. The quantitative estimate of drug-likeness (QED) is 0.362. The number of aromatic amines is 1. The molecule has 1 saturated heterocycles. The first-order chi connectivity index (χ1) is 17.8. The van der Waals surface area contributed by atoms with Crippen molar-refractivity contribution >= 4 is 26.4 Å². The lowest BCUT2D eigenvalue weighted by Gasteiger charge is -2.36. The lowest BCUT2D eigenvalue weighted by Crippen LogP contribution is -2.45. The smallest absolute Gasteiger partial charge is 0.137 e. The van der Waals surface area contributed by atoms with E-state index in [2.05, 4.69) is 70.4 Å². The zero-order valence-electron chi connectivity index (χ0n) is 22.1. The van der Waals surface area contributed by atoms with E-state index >= 15 is 0 Å². The van der Waals surface area contributed by atoms with Gasteiger partial charge in [-0.25, -0.2) is 13.6 Å². The molecule has 7 heteroatoms. The number of pyridine rings is 1.